The zero-order valence-electron chi connectivity index (χ0n) is 20.0. The molecule has 0 amide bonds. The van der Waals surface area contributed by atoms with Crippen LogP contribution < -0.4 is 15.2 Å². The van der Waals surface area contributed by atoms with Crippen molar-refractivity contribution < 1.29 is 8.42 Å². The standard InChI is InChI=1S/C23H36N4O3S/c1-15-13-17(16(2)25-31(29,30)22(3,4)5)19-18(14-15)20(28)26(8)21(24-19)27-11-9-23(6,7)10-12-27/h13-14,16,25H,9-12H2,1-8H3/t16-/m1/s1. The summed E-state index contributed by atoms with van der Waals surface area (Å²) in [6.07, 6.45) is 2.06. The minimum Gasteiger partial charge on any atom is -0.342 e. The highest BCUT2D eigenvalue weighted by molar-refractivity contribution is 7.90. The second-order valence-corrected chi connectivity index (χ2v) is 13.1. The highest BCUT2D eigenvalue weighted by atomic mass is 32.2. The van der Waals surface area contributed by atoms with E-state index in [4.69, 9.17) is 4.98 Å². The number of aryl methyl sites for hydroxylation is 1. The zero-order chi connectivity index (χ0) is 23.4. The van der Waals surface area contributed by atoms with Crippen LogP contribution in [0.3, 0.4) is 0 Å². The number of sulfonamides is 1. The van der Waals surface area contributed by atoms with Gasteiger partial charge in [0.15, 0.2) is 0 Å². The van der Waals surface area contributed by atoms with Gasteiger partial charge in [-0.1, -0.05) is 19.9 Å². The molecule has 31 heavy (non-hydrogen) atoms. The van der Waals surface area contributed by atoms with Crippen LogP contribution in [0, 0.1) is 12.3 Å². The van der Waals surface area contributed by atoms with Gasteiger partial charge in [0.2, 0.25) is 16.0 Å². The molecule has 1 aliphatic rings. The summed E-state index contributed by atoms with van der Waals surface area (Å²) in [4.78, 5) is 20.3. The molecule has 172 valence electrons. The van der Waals surface area contributed by atoms with Gasteiger partial charge in [-0.25, -0.2) is 18.1 Å². The molecular formula is C23H36N4O3S. The smallest absolute Gasteiger partial charge is 0.262 e. The van der Waals surface area contributed by atoms with Crippen LogP contribution in [0.1, 0.15) is 71.6 Å². The number of hydrogen-bond donors (Lipinski definition) is 1. The molecule has 1 aromatic carbocycles. The Balaban J connectivity index is 2.13. The summed E-state index contributed by atoms with van der Waals surface area (Å²) in [7, 11) is -1.80. The molecule has 7 nitrogen and oxygen atoms in total. The van der Waals surface area contributed by atoms with E-state index in [1.807, 2.05) is 19.1 Å². The minimum absolute atomic E-state index is 0.110. The molecule has 0 unspecified atom stereocenters. The number of nitrogens with zero attached hydrogens (tertiary/aromatic N) is 3. The SMILES string of the molecule is Cc1cc([C@@H](C)NS(=O)(=O)C(C)(C)C)c2nc(N3CCC(C)(C)CC3)n(C)c(=O)c2c1. The van der Waals surface area contributed by atoms with Crippen molar-refractivity contribution in [2.45, 2.75) is 72.1 Å². The summed E-state index contributed by atoms with van der Waals surface area (Å²) in [5, 5.41) is 0.514. The first-order valence-corrected chi connectivity index (χ1v) is 12.4. The Morgan fingerprint density at radius 1 is 1.16 bits per heavy atom. The molecule has 2 aromatic rings. The van der Waals surface area contributed by atoms with Crippen molar-refractivity contribution >= 4 is 26.9 Å². The maximum Gasteiger partial charge on any atom is 0.262 e. The van der Waals surface area contributed by atoms with Crippen LogP contribution in [0.2, 0.25) is 0 Å². The van der Waals surface area contributed by atoms with Gasteiger partial charge in [0, 0.05) is 26.2 Å². The molecule has 0 spiro atoms. The Bertz CT molecular complexity index is 1150. The molecule has 1 N–H and O–H groups in total. The average molecular weight is 449 g/mol. The van der Waals surface area contributed by atoms with Gasteiger partial charge in [-0.2, -0.15) is 0 Å². The molecule has 8 heteroatoms. The number of nitrogens with one attached hydrogen (secondary N) is 1. The quantitative estimate of drug-likeness (QED) is 0.772. The molecule has 3 rings (SSSR count). The van der Waals surface area contributed by atoms with E-state index in [1.165, 1.54) is 0 Å². The van der Waals surface area contributed by atoms with Crippen molar-refractivity contribution in [1.82, 2.24) is 14.3 Å². The van der Waals surface area contributed by atoms with E-state index in [9.17, 15) is 13.2 Å². The van der Waals surface area contributed by atoms with E-state index in [0.717, 1.165) is 37.1 Å². The molecule has 1 aromatic heterocycles. The van der Waals surface area contributed by atoms with E-state index in [0.29, 0.717) is 16.9 Å². The molecule has 0 radical (unpaired) electrons. The van der Waals surface area contributed by atoms with Crippen LogP contribution in [0.15, 0.2) is 16.9 Å². The van der Waals surface area contributed by atoms with Crippen LogP contribution >= 0.6 is 0 Å². The molecule has 1 aliphatic heterocycles. The summed E-state index contributed by atoms with van der Waals surface area (Å²) in [5.74, 6) is 0.643. The van der Waals surface area contributed by atoms with Gasteiger partial charge in [-0.15, -0.1) is 0 Å². The fraction of sp³-hybridized carbons (Fsp3) is 0.652. The van der Waals surface area contributed by atoms with E-state index >= 15 is 0 Å². The third-order valence-electron chi connectivity index (χ3n) is 6.34. The van der Waals surface area contributed by atoms with Gasteiger partial charge in [-0.05, 0) is 70.1 Å². The highest BCUT2D eigenvalue weighted by Gasteiger charge is 2.32. The molecule has 1 saturated heterocycles. The fourth-order valence-corrected chi connectivity index (χ4v) is 4.89. The zero-order valence-corrected chi connectivity index (χ0v) is 20.9. The number of aromatic nitrogens is 2. The summed E-state index contributed by atoms with van der Waals surface area (Å²) in [5.41, 5.74) is 2.36. The van der Waals surface area contributed by atoms with E-state index in [2.05, 4.69) is 23.5 Å². The van der Waals surface area contributed by atoms with Gasteiger partial charge >= 0.3 is 0 Å². The lowest BCUT2D eigenvalue weighted by Gasteiger charge is -2.38. The Morgan fingerprint density at radius 3 is 2.29 bits per heavy atom. The lowest BCUT2D eigenvalue weighted by molar-refractivity contribution is 0.277. The van der Waals surface area contributed by atoms with E-state index < -0.39 is 20.8 Å². The topological polar surface area (TPSA) is 84.3 Å². The van der Waals surface area contributed by atoms with Crippen molar-refractivity contribution in [3.8, 4) is 0 Å². The second-order valence-electron chi connectivity index (χ2n) is 10.6. The van der Waals surface area contributed by atoms with Gasteiger partial charge in [0.05, 0.1) is 15.6 Å². The third kappa shape index (κ3) is 4.65. The Labute approximate surface area is 185 Å². The number of rotatable bonds is 4. The molecule has 0 saturated carbocycles. The number of benzene rings is 1. The van der Waals surface area contributed by atoms with Crippen LogP contribution in [-0.2, 0) is 17.1 Å². The van der Waals surface area contributed by atoms with E-state index in [1.54, 1.807) is 39.3 Å². The van der Waals surface area contributed by atoms with Gasteiger partial charge in [-0.3, -0.25) is 9.36 Å². The van der Waals surface area contributed by atoms with Crippen molar-refractivity contribution in [2.75, 3.05) is 18.0 Å². The maximum atomic E-state index is 13.2. The molecular weight excluding hydrogens is 412 g/mol. The largest absolute Gasteiger partial charge is 0.342 e. The van der Waals surface area contributed by atoms with Crippen LogP contribution in [0.4, 0.5) is 5.95 Å². The summed E-state index contributed by atoms with van der Waals surface area (Å²) in [6.45, 7) is 14.9. The highest BCUT2D eigenvalue weighted by Crippen LogP contribution is 2.32. The Kier molecular flexibility index (Phi) is 6.04. The average Bonchev–Trinajstić information content (AvgIpc) is 2.63. The first kappa shape index (κ1) is 23.7. The van der Waals surface area contributed by atoms with Crippen LogP contribution in [0.25, 0.3) is 10.9 Å². The number of fused-ring (bicyclic) bond motifs is 1. The second kappa shape index (κ2) is 7.89. The van der Waals surface area contributed by atoms with Crippen molar-refractivity contribution in [1.29, 1.82) is 0 Å². The Morgan fingerprint density at radius 2 is 1.74 bits per heavy atom. The first-order chi connectivity index (χ1) is 14.1. The fourth-order valence-electron chi connectivity index (χ4n) is 3.94. The lowest BCUT2D eigenvalue weighted by atomic mass is 9.83. The summed E-state index contributed by atoms with van der Waals surface area (Å²) in [6, 6.07) is 3.25. The van der Waals surface area contributed by atoms with Crippen molar-refractivity contribution in [2.24, 2.45) is 12.5 Å². The lowest BCUT2D eigenvalue weighted by Crippen LogP contribution is -2.41. The molecule has 0 bridgehead atoms. The van der Waals surface area contributed by atoms with E-state index in [-0.39, 0.29) is 11.0 Å². The number of hydrogen-bond acceptors (Lipinski definition) is 5. The third-order valence-corrected chi connectivity index (χ3v) is 8.61. The van der Waals surface area contributed by atoms with Crippen LogP contribution in [0.5, 0.6) is 0 Å². The van der Waals surface area contributed by atoms with Crippen molar-refractivity contribution in [3.63, 3.8) is 0 Å². The molecule has 1 fully saturated rings. The predicted molar refractivity (Wildman–Crippen MR) is 127 cm³/mol. The molecule has 2 heterocycles. The Hall–Kier alpha value is -1.93. The van der Waals surface area contributed by atoms with Gasteiger partial charge in [0.1, 0.15) is 0 Å². The van der Waals surface area contributed by atoms with Crippen LogP contribution in [-0.4, -0.2) is 35.8 Å². The normalized spacial score (nSPS) is 18.4. The van der Waals surface area contributed by atoms with Gasteiger partial charge in [0.25, 0.3) is 5.56 Å². The molecule has 0 aliphatic carbocycles. The van der Waals surface area contributed by atoms with Crippen molar-refractivity contribution in [3.05, 3.63) is 33.6 Å². The summed E-state index contributed by atoms with van der Waals surface area (Å²) < 4.78 is 29.0. The maximum absolute atomic E-state index is 13.2. The number of piperidine rings is 1. The first-order valence-electron chi connectivity index (χ1n) is 10.9. The monoisotopic (exact) mass is 448 g/mol. The number of anilines is 1. The van der Waals surface area contributed by atoms with Gasteiger partial charge < -0.3 is 4.90 Å². The molecule has 1 atom stereocenters. The summed E-state index contributed by atoms with van der Waals surface area (Å²) >= 11 is 0. The predicted octanol–water partition coefficient (Wildman–Crippen LogP) is 3.65. The minimum atomic E-state index is -3.56.